The molecule has 0 aliphatic heterocycles. The van der Waals surface area contributed by atoms with Crippen molar-refractivity contribution in [3.8, 4) is 0 Å². The molecule has 1 aromatic rings. The predicted octanol–water partition coefficient (Wildman–Crippen LogP) is 2.04. The van der Waals surface area contributed by atoms with Gasteiger partial charge in [-0.1, -0.05) is 13.8 Å². The van der Waals surface area contributed by atoms with Crippen LogP contribution in [0.3, 0.4) is 0 Å². The fourth-order valence-electron chi connectivity index (χ4n) is 0.702. The molecule has 3 nitrogen and oxygen atoms in total. The van der Waals surface area contributed by atoms with Crippen molar-refractivity contribution < 1.29 is 8.78 Å². The van der Waals surface area contributed by atoms with Crippen molar-refractivity contribution in [2.75, 3.05) is 0 Å². The average molecular weight is 190 g/mol. The first-order valence-electron chi connectivity index (χ1n) is 3.95. The fraction of sp³-hybridized carbons (Fsp3) is 0.500. The van der Waals surface area contributed by atoms with Gasteiger partial charge in [0, 0.05) is 11.6 Å². The van der Waals surface area contributed by atoms with Crippen LogP contribution in [0, 0.1) is 6.92 Å². The van der Waals surface area contributed by atoms with Crippen molar-refractivity contribution >= 4 is 0 Å². The van der Waals surface area contributed by atoms with Gasteiger partial charge in [-0.15, -0.1) is 0 Å². The van der Waals surface area contributed by atoms with Crippen molar-refractivity contribution in [2.45, 2.75) is 27.2 Å². The van der Waals surface area contributed by atoms with Crippen LogP contribution in [-0.2, 0) is 0 Å². The summed E-state index contributed by atoms with van der Waals surface area (Å²) >= 11 is 0. The van der Waals surface area contributed by atoms with E-state index in [0.717, 1.165) is 6.07 Å². The van der Waals surface area contributed by atoms with Gasteiger partial charge >= 0.3 is 0 Å². The number of aryl methyl sites for hydroxylation is 1. The Morgan fingerprint density at radius 2 is 2.00 bits per heavy atom. The molecule has 74 valence electrons. The highest BCUT2D eigenvalue weighted by atomic mass is 19.3. The first-order valence-corrected chi connectivity index (χ1v) is 3.95. The molecule has 0 aliphatic carbocycles. The van der Waals surface area contributed by atoms with E-state index < -0.39 is 12.0 Å². The molecule has 0 saturated carbocycles. The van der Waals surface area contributed by atoms with E-state index in [2.05, 4.69) is 10.2 Å². The smallest absolute Gasteiger partial charge is 0.265 e. The predicted molar refractivity (Wildman–Crippen MR) is 45.9 cm³/mol. The zero-order chi connectivity index (χ0) is 10.4. The Hall–Kier alpha value is -1.26. The number of alkyl halides is 2. The molecule has 13 heavy (non-hydrogen) atoms. The number of hydrogen-bond donors (Lipinski definition) is 1. The molecular formula is C8H12F2N2O. The molecule has 0 spiro atoms. The topological polar surface area (TPSA) is 45.8 Å². The summed E-state index contributed by atoms with van der Waals surface area (Å²) in [5.41, 5.74) is -0.765. The lowest BCUT2D eigenvalue weighted by atomic mass is 10.2. The second kappa shape index (κ2) is 5.40. The van der Waals surface area contributed by atoms with Gasteiger partial charge in [0.1, 0.15) is 0 Å². The summed E-state index contributed by atoms with van der Waals surface area (Å²) in [5.74, 6) is 0. The number of H-pyrrole nitrogens is 1. The monoisotopic (exact) mass is 190 g/mol. The van der Waals surface area contributed by atoms with E-state index in [1.54, 1.807) is 0 Å². The first-order chi connectivity index (χ1) is 6.11. The maximum absolute atomic E-state index is 12.0. The van der Waals surface area contributed by atoms with Crippen LogP contribution < -0.4 is 5.56 Å². The van der Waals surface area contributed by atoms with Gasteiger partial charge in [0.05, 0.1) is 5.69 Å². The Bertz CT molecular complexity index is 309. The van der Waals surface area contributed by atoms with Gasteiger partial charge in [-0.3, -0.25) is 4.79 Å². The van der Waals surface area contributed by atoms with Gasteiger partial charge in [-0.05, 0) is 6.92 Å². The number of aromatic amines is 1. The molecule has 0 atom stereocenters. The van der Waals surface area contributed by atoms with Crippen LogP contribution in [0.4, 0.5) is 8.78 Å². The van der Waals surface area contributed by atoms with Crippen LogP contribution in [0.2, 0.25) is 0 Å². The third kappa shape index (κ3) is 3.31. The van der Waals surface area contributed by atoms with Crippen molar-refractivity contribution in [1.82, 2.24) is 10.2 Å². The Labute approximate surface area is 74.8 Å². The molecule has 0 aliphatic rings. The van der Waals surface area contributed by atoms with Crippen LogP contribution in [0.15, 0.2) is 10.9 Å². The molecule has 1 heterocycles. The fourth-order valence-corrected chi connectivity index (χ4v) is 0.702. The van der Waals surface area contributed by atoms with Gasteiger partial charge in [-0.2, -0.15) is 5.10 Å². The minimum Gasteiger partial charge on any atom is -0.268 e. The lowest BCUT2D eigenvalue weighted by Crippen LogP contribution is -2.10. The van der Waals surface area contributed by atoms with Crippen molar-refractivity contribution in [3.05, 3.63) is 27.7 Å². The second-order valence-corrected chi connectivity index (χ2v) is 2.07. The summed E-state index contributed by atoms with van der Waals surface area (Å²) in [6.07, 6.45) is -2.63. The number of nitrogens with one attached hydrogen (secondary N) is 1. The molecule has 1 rings (SSSR count). The molecule has 0 unspecified atom stereocenters. The summed E-state index contributed by atoms with van der Waals surface area (Å²) in [6.45, 7) is 5.41. The van der Waals surface area contributed by atoms with Gasteiger partial charge < -0.3 is 0 Å². The molecule has 0 saturated heterocycles. The van der Waals surface area contributed by atoms with Crippen LogP contribution >= 0.6 is 0 Å². The number of hydrogen-bond acceptors (Lipinski definition) is 2. The van der Waals surface area contributed by atoms with E-state index in [-0.39, 0.29) is 11.3 Å². The number of rotatable bonds is 1. The summed E-state index contributed by atoms with van der Waals surface area (Å²) < 4.78 is 24.0. The normalized spacial score (nSPS) is 9.38. The number of halogens is 2. The number of nitrogens with zero attached hydrogens (tertiary/aromatic N) is 1. The maximum Gasteiger partial charge on any atom is 0.265 e. The lowest BCUT2D eigenvalue weighted by molar-refractivity contribution is 0.149. The van der Waals surface area contributed by atoms with E-state index in [0.29, 0.717) is 0 Å². The van der Waals surface area contributed by atoms with E-state index in [1.165, 1.54) is 6.92 Å². The van der Waals surface area contributed by atoms with Crippen LogP contribution in [0.25, 0.3) is 0 Å². The standard InChI is InChI=1S/C6H6F2N2O.C2H6/c1-3-4(6(7)8)2-5(11)10-9-3;1-2/h2,6H,1H3,(H,10,11);1-2H3. The van der Waals surface area contributed by atoms with E-state index in [1.807, 2.05) is 13.8 Å². The van der Waals surface area contributed by atoms with Gasteiger partial charge in [0.15, 0.2) is 0 Å². The third-order valence-corrected chi connectivity index (χ3v) is 1.27. The zero-order valence-electron chi connectivity index (χ0n) is 7.77. The van der Waals surface area contributed by atoms with E-state index in [4.69, 9.17) is 0 Å². The molecule has 0 bridgehead atoms. The van der Waals surface area contributed by atoms with E-state index in [9.17, 15) is 13.6 Å². The van der Waals surface area contributed by atoms with Crippen LogP contribution in [0.5, 0.6) is 0 Å². The Morgan fingerprint density at radius 3 is 2.38 bits per heavy atom. The van der Waals surface area contributed by atoms with Crippen LogP contribution in [-0.4, -0.2) is 10.2 Å². The Balaban J connectivity index is 0.000000671. The third-order valence-electron chi connectivity index (χ3n) is 1.27. The molecule has 1 N–H and O–H groups in total. The molecule has 1 aromatic heterocycles. The molecule has 5 heteroatoms. The lowest BCUT2D eigenvalue weighted by Gasteiger charge is -1.99. The highest BCUT2D eigenvalue weighted by molar-refractivity contribution is 5.16. The largest absolute Gasteiger partial charge is 0.268 e. The number of aromatic nitrogens is 2. The molecular weight excluding hydrogens is 178 g/mol. The van der Waals surface area contributed by atoms with Gasteiger partial charge in [0.2, 0.25) is 0 Å². The highest BCUT2D eigenvalue weighted by Gasteiger charge is 2.11. The van der Waals surface area contributed by atoms with E-state index >= 15 is 0 Å². The highest BCUT2D eigenvalue weighted by Crippen LogP contribution is 2.18. The summed E-state index contributed by atoms with van der Waals surface area (Å²) in [5, 5.41) is 5.44. The summed E-state index contributed by atoms with van der Waals surface area (Å²) in [7, 11) is 0. The Morgan fingerprint density at radius 1 is 1.46 bits per heavy atom. The average Bonchev–Trinajstić information content (AvgIpc) is 2.12. The maximum atomic E-state index is 12.0. The van der Waals surface area contributed by atoms with Crippen molar-refractivity contribution in [2.24, 2.45) is 0 Å². The van der Waals surface area contributed by atoms with Crippen LogP contribution in [0.1, 0.15) is 31.5 Å². The SMILES string of the molecule is CC.Cc1n[nH]c(=O)cc1C(F)F. The summed E-state index contributed by atoms with van der Waals surface area (Å²) in [4.78, 5) is 10.5. The summed E-state index contributed by atoms with van der Waals surface area (Å²) in [6, 6.07) is 0.854. The van der Waals surface area contributed by atoms with Gasteiger partial charge in [0.25, 0.3) is 12.0 Å². The zero-order valence-corrected chi connectivity index (χ0v) is 7.77. The minimum absolute atomic E-state index is 0.152. The molecule has 0 radical (unpaired) electrons. The van der Waals surface area contributed by atoms with Gasteiger partial charge in [-0.25, -0.2) is 13.9 Å². The molecule has 0 aromatic carbocycles. The molecule has 0 fully saturated rings. The van der Waals surface area contributed by atoms with Crippen molar-refractivity contribution in [3.63, 3.8) is 0 Å². The minimum atomic E-state index is -2.63. The quantitative estimate of drug-likeness (QED) is 0.736. The first kappa shape index (κ1) is 11.7. The second-order valence-electron chi connectivity index (χ2n) is 2.07. The van der Waals surface area contributed by atoms with Crippen molar-refractivity contribution in [1.29, 1.82) is 0 Å². The Kier molecular flexibility index (Phi) is 4.87. The molecule has 0 amide bonds.